The van der Waals surface area contributed by atoms with Crippen LogP contribution >= 0.6 is 22.9 Å². The maximum absolute atomic E-state index is 12.9. The fourth-order valence-electron chi connectivity index (χ4n) is 5.08. The summed E-state index contributed by atoms with van der Waals surface area (Å²) in [5.41, 5.74) is 8.14. The summed E-state index contributed by atoms with van der Waals surface area (Å²) in [5, 5.41) is 9.93. The predicted octanol–water partition coefficient (Wildman–Crippen LogP) is 7.06. The van der Waals surface area contributed by atoms with E-state index in [1.807, 2.05) is 0 Å². The molecule has 0 saturated heterocycles. The van der Waals surface area contributed by atoms with Crippen LogP contribution in [0.5, 0.6) is 10.9 Å². The van der Waals surface area contributed by atoms with Gasteiger partial charge in [-0.1, -0.05) is 48.8 Å². The van der Waals surface area contributed by atoms with Crippen molar-refractivity contribution in [3.63, 3.8) is 0 Å². The number of halogens is 1. The quantitative estimate of drug-likeness (QED) is 0.160. The Morgan fingerprint density at radius 2 is 1.77 bits per heavy atom. The molecule has 2 fully saturated rings. The maximum Gasteiger partial charge on any atom is 0.294 e. The van der Waals surface area contributed by atoms with Crippen LogP contribution in [0, 0.1) is 5.92 Å². The second-order valence-corrected chi connectivity index (χ2v) is 19.3. The van der Waals surface area contributed by atoms with E-state index in [4.69, 9.17) is 41.0 Å². The molecule has 0 atom stereocenters. The molecule has 10 nitrogen and oxygen atoms in total. The van der Waals surface area contributed by atoms with Crippen molar-refractivity contribution in [1.29, 1.82) is 0 Å². The minimum atomic E-state index is -1.79. The highest BCUT2D eigenvalue weighted by molar-refractivity contribution is 7.16. The van der Waals surface area contributed by atoms with Gasteiger partial charge in [0.05, 0.1) is 43.9 Å². The Balaban J connectivity index is 1.34. The third-order valence-corrected chi connectivity index (χ3v) is 14.4. The topological polar surface area (TPSA) is 132 Å². The zero-order valence-electron chi connectivity index (χ0n) is 26.3. The first-order valence-corrected chi connectivity index (χ1v) is 19.2. The van der Waals surface area contributed by atoms with Crippen LogP contribution in [0.15, 0.2) is 18.3 Å². The van der Waals surface area contributed by atoms with Gasteiger partial charge in [0.1, 0.15) is 16.6 Å². The fraction of sp³-hybridized carbons (Fsp3) is 0.581. The van der Waals surface area contributed by atoms with Crippen molar-refractivity contribution >= 4 is 37.2 Å². The lowest BCUT2D eigenvalue weighted by Gasteiger charge is -2.41. The summed E-state index contributed by atoms with van der Waals surface area (Å²) in [4.78, 5) is 21.8. The molecule has 2 aliphatic carbocycles. The van der Waals surface area contributed by atoms with Crippen LogP contribution in [0.3, 0.4) is 0 Å². The number of nitrogens with zero attached hydrogens (tertiary/aromatic N) is 4. The lowest BCUT2D eigenvalue weighted by Crippen LogP contribution is -2.44. The van der Waals surface area contributed by atoms with Gasteiger partial charge in [0, 0.05) is 17.2 Å². The molecule has 238 valence electrons. The summed E-state index contributed by atoms with van der Waals surface area (Å²) in [6, 6.07) is 3.42. The molecular formula is C31H42ClN5O5SSi. The van der Waals surface area contributed by atoms with E-state index in [1.165, 1.54) is 24.6 Å². The van der Waals surface area contributed by atoms with Gasteiger partial charge in [0.25, 0.3) is 11.1 Å². The Bertz CT molecular complexity index is 1480. The van der Waals surface area contributed by atoms with E-state index in [-0.39, 0.29) is 28.5 Å². The van der Waals surface area contributed by atoms with E-state index in [1.54, 1.807) is 12.1 Å². The first-order valence-electron chi connectivity index (χ1n) is 15.1. The summed E-state index contributed by atoms with van der Waals surface area (Å²) in [6.07, 6.45) is 8.25. The second-order valence-electron chi connectivity index (χ2n) is 13.2. The number of amides is 1. The number of methoxy groups -OCH3 is 1. The molecular weight excluding hydrogens is 618 g/mol. The second kappa shape index (κ2) is 13.4. The van der Waals surface area contributed by atoms with E-state index >= 15 is 0 Å². The van der Waals surface area contributed by atoms with Gasteiger partial charge in [0.15, 0.2) is 13.3 Å². The number of hydrogen-bond donors (Lipinski definition) is 1. The average molecular weight is 660 g/mol. The van der Waals surface area contributed by atoms with Gasteiger partial charge >= 0.3 is 0 Å². The van der Waals surface area contributed by atoms with Crippen molar-refractivity contribution in [2.45, 2.75) is 96.2 Å². The smallest absolute Gasteiger partial charge is 0.294 e. The molecule has 0 spiro atoms. The zero-order chi connectivity index (χ0) is 31.6. The summed E-state index contributed by atoms with van der Waals surface area (Å²) in [7, 11) is -0.258. The maximum atomic E-state index is 12.9. The number of aromatic nitrogens is 4. The first kappa shape index (κ1) is 32.7. The number of carbonyl (C=O) groups excluding carboxylic acids is 1. The molecule has 0 radical (unpaired) electrons. The average Bonchev–Trinajstić information content (AvgIpc) is 3.69. The Hall–Kier alpha value is -2.64. The van der Waals surface area contributed by atoms with E-state index in [0.717, 1.165) is 38.5 Å². The van der Waals surface area contributed by atoms with Crippen LogP contribution in [0.25, 0.3) is 21.8 Å². The van der Waals surface area contributed by atoms with Gasteiger partial charge in [-0.15, -0.1) is 5.10 Å². The lowest BCUT2D eigenvalue weighted by molar-refractivity contribution is 0.0983. The summed E-state index contributed by atoms with van der Waals surface area (Å²) >= 11 is 7.49. The molecule has 3 heterocycles. The first-order chi connectivity index (χ1) is 20.8. The Morgan fingerprint density at radius 3 is 2.41 bits per heavy atom. The number of rotatable bonds is 12. The predicted molar refractivity (Wildman–Crippen MR) is 174 cm³/mol. The number of primary amides is 1. The molecule has 1 amide bonds. The molecule has 44 heavy (non-hydrogen) atoms. The molecule has 0 bridgehead atoms. The Labute approximate surface area is 269 Å². The van der Waals surface area contributed by atoms with Crippen molar-refractivity contribution < 1.29 is 23.4 Å². The molecule has 5 rings (SSSR count). The highest BCUT2D eigenvalue weighted by Gasteiger charge is 2.40. The van der Waals surface area contributed by atoms with E-state index in [2.05, 4.69) is 49.0 Å². The molecule has 2 saturated carbocycles. The normalized spacial score (nSPS) is 19.2. The van der Waals surface area contributed by atoms with Crippen LogP contribution in [-0.4, -0.2) is 60.3 Å². The molecule has 13 heteroatoms. The van der Waals surface area contributed by atoms with Gasteiger partial charge in [-0.2, -0.15) is 0 Å². The van der Waals surface area contributed by atoms with Crippen LogP contribution in [0.1, 0.15) is 75.3 Å². The van der Waals surface area contributed by atoms with Crippen molar-refractivity contribution in [2.24, 2.45) is 11.7 Å². The highest BCUT2D eigenvalue weighted by atomic mass is 35.5. The third-order valence-electron chi connectivity index (χ3n) is 8.77. The van der Waals surface area contributed by atoms with Gasteiger partial charge in [-0.25, -0.2) is 9.97 Å². The van der Waals surface area contributed by atoms with Crippen molar-refractivity contribution in [1.82, 2.24) is 20.2 Å². The minimum Gasteiger partial charge on any atom is -0.494 e. The highest BCUT2D eigenvalue weighted by Crippen LogP contribution is 2.41. The zero-order valence-corrected chi connectivity index (χ0v) is 28.9. The van der Waals surface area contributed by atoms with Gasteiger partial charge < -0.3 is 24.4 Å². The SMILES string of the molecule is COc1cnc(Cl)cc1-c1cc(COC2CC2)nc(-c2nnc(OCC3CCC(O[Si](C)(C)C(C)(C)C)CC3)s2)c1C(N)=O. The van der Waals surface area contributed by atoms with Crippen molar-refractivity contribution in [3.8, 4) is 32.8 Å². The minimum absolute atomic E-state index is 0.184. The van der Waals surface area contributed by atoms with Crippen LogP contribution < -0.4 is 15.2 Å². The fourth-order valence-corrected chi connectivity index (χ4v) is 7.36. The number of ether oxygens (including phenoxy) is 3. The van der Waals surface area contributed by atoms with Gasteiger partial charge in [0.2, 0.25) is 0 Å². The van der Waals surface area contributed by atoms with Gasteiger partial charge in [-0.3, -0.25) is 4.79 Å². The lowest BCUT2D eigenvalue weighted by atomic mass is 9.88. The number of pyridine rings is 2. The monoisotopic (exact) mass is 659 g/mol. The summed E-state index contributed by atoms with van der Waals surface area (Å²) in [5.74, 6) is 0.189. The molecule has 0 aromatic carbocycles. The standard InChI is InChI=1S/C31H42ClN5O5SSi/c1-31(2,3)44(5,6)42-21-9-7-18(8-10-21)16-41-30-37-36-29(43-30)27-26(28(33)38)23(13-19(35-27)17-40-20-11-12-20)22-14-25(32)34-15-24(22)39-4/h13-15,18,20-21H,7-12,16-17H2,1-6H3,(H2,33,38). The molecule has 0 unspecified atom stereocenters. The van der Waals surface area contributed by atoms with E-state index in [9.17, 15) is 4.79 Å². The molecule has 3 aromatic heterocycles. The van der Waals surface area contributed by atoms with Crippen molar-refractivity contribution in [2.75, 3.05) is 13.7 Å². The third kappa shape index (κ3) is 7.76. The Morgan fingerprint density at radius 1 is 1.07 bits per heavy atom. The van der Waals surface area contributed by atoms with Crippen LogP contribution in [0.4, 0.5) is 0 Å². The molecule has 3 aromatic rings. The van der Waals surface area contributed by atoms with E-state index in [0.29, 0.717) is 57.1 Å². The summed E-state index contributed by atoms with van der Waals surface area (Å²) < 4.78 is 24.3. The van der Waals surface area contributed by atoms with Gasteiger partial charge in [-0.05, 0) is 74.7 Å². The van der Waals surface area contributed by atoms with Crippen molar-refractivity contribution in [3.05, 3.63) is 34.7 Å². The number of hydrogen-bond acceptors (Lipinski definition) is 10. The number of carbonyl (C=O) groups is 1. The Kier molecular flexibility index (Phi) is 9.95. The largest absolute Gasteiger partial charge is 0.494 e. The van der Waals surface area contributed by atoms with E-state index < -0.39 is 14.2 Å². The van der Waals surface area contributed by atoms with Crippen LogP contribution in [-0.2, 0) is 15.8 Å². The number of nitrogens with two attached hydrogens (primary N) is 1. The molecule has 2 aliphatic rings. The summed E-state index contributed by atoms with van der Waals surface area (Å²) in [6.45, 7) is 12.3. The molecule has 0 aliphatic heterocycles. The van der Waals surface area contributed by atoms with Crippen LogP contribution in [0.2, 0.25) is 23.3 Å². The molecule has 2 N–H and O–H groups in total.